The van der Waals surface area contributed by atoms with Crippen LogP contribution in [0.4, 0.5) is 0 Å². The Labute approximate surface area is 68.4 Å². The van der Waals surface area contributed by atoms with E-state index < -0.39 is 0 Å². The molecule has 0 saturated heterocycles. The monoisotopic (exact) mass is 190 g/mol. The predicted octanol–water partition coefficient (Wildman–Crippen LogP) is 3.32. The van der Waals surface area contributed by atoms with Crippen molar-refractivity contribution in [2.75, 3.05) is 0 Å². The molecule has 0 heterocycles. The molecule has 0 saturated carbocycles. The Morgan fingerprint density at radius 2 is 0.875 bits per heavy atom. The second-order valence-electron chi connectivity index (χ2n) is 0.521. The van der Waals surface area contributed by atoms with Gasteiger partial charge in [-0.15, -0.1) is 12.8 Å². The Morgan fingerprint density at radius 3 is 0.875 bits per heavy atom. The molecule has 0 atom stereocenters. The molecule has 0 aromatic heterocycles. The Hall–Kier alpha value is 0.460. The molecule has 0 aromatic rings. The molecule has 0 rings (SSSR count). The van der Waals surface area contributed by atoms with Gasteiger partial charge in [0.15, 0.2) is 0 Å². The van der Waals surface area contributed by atoms with Crippen LogP contribution in [0, 0.1) is 12.8 Å². The Morgan fingerprint density at radius 1 is 0.750 bits per heavy atom. The minimum Gasteiger partial charge on any atom is -0.124 e. The SMILES string of the molecule is C#C.ClC(Cl)=C(Cl)Cl. The summed E-state index contributed by atoms with van der Waals surface area (Å²) in [7, 11) is 0. The van der Waals surface area contributed by atoms with E-state index in [0.29, 0.717) is 0 Å². The van der Waals surface area contributed by atoms with E-state index in [1.165, 1.54) is 0 Å². The topological polar surface area (TPSA) is 0 Å². The molecule has 46 valence electrons. The minimum atomic E-state index is -0.0988. The Balaban J connectivity index is 0. The van der Waals surface area contributed by atoms with Crippen LogP contribution in [0.15, 0.2) is 8.98 Å². The van der Waals surface area contributed by atoms with E-state index in [0.717, 1.165) is 0 Å². The normalized spacial score (nSPS) is 6.25. The fourth-order valence-electron chi connectivity index (χ4n) is 0. The highest BCUT2D eigenvalue weighted by molar-refractivity contribution is 6.67. The first-order chi connectivity index (χ1) is 3.64. The van der Waals surface area contributed by atoms with Crippen LogP contribution in [-0.4, -0.2) is 0 Å². The van der Waals surface area contributed by atoms with Crippen LogP contribution in [0.1, 0.15) is 0 Å². The van der Waals surface area contributed by atoms with E-state index in [1.807, 2.05) is 0 Å². The maximum atomic E-state index is 4.99. The van der Waals surface area contributed by atoms with Gasteiger partial charge >= 0.3 is 0 Å². The van der Waals surface area contributed by atoms with Crippen molar-refractivity contribution in [3.05, 3.63) is 8.98 Å². The first kappa shape index (κ1) is 11.3. The zero-order chi connectivity index (χ0) is 7.15. The second-order valence-corrected chi connectivity index (χ2v) is 2.42. The summed E-state index contributed by atoms with van der Waals surface area (Å²) in [6.45, 7) is 0. The first-order valence-electron chi connectivity index (χ1n) is 1.34. The molecule has 0 amide bonds. The summed E-state index contributed by atoms with van der Waals surface area (Å²) >= 11 is 20.0. The number of rotatable bonds is 0. The molecular formula is C4H2Cl4. The lowest BCUT2D eigenvalue weighted by atomic mass is 11.2. The Kier molecular flexibility index (Phi) is 10.5. The van der Waals surface area contributed by atoms with E-state index in [-0.39, 0.29) is 8.98 Å². The van der Waals surface area contributed by atoms with E-state index >= 15 is 0 Å². The third-order valence-electron chi connectivity index (χ3n) is 0.143. The number of hydrogen-bond acceptors (Lipinski definition) is 0. The molecule has 0 fully saturated rings. The molecule has 0 nitrogen and oxygen atoms in total. The van der Waals surface area contributed by atoms with Gasteiger partial charge in [-0.05, 0) is 0 Å². The predicted molar refractivity (Wildman–Crippen MR) is 40.3 cm³/mol. The molecule has 0 aliphatic rings. The van der Waals surface area contributed by atoms with Crippen LogP contribution in [0.2, 0.25) is 0 Å². The average Bonchev–Trinajstić information content (AvgIpc) is 1.72. The largest absolute Gasteiger partial charge is 0.136 e. The van der Waals surface area contributed by atoms with Crippen molar-refractivity contribution < 1.29 is 0 Å². The summed E-state index contributed by atoms with van der Waals surface area (Å²) in [6.07, 6.45) is 8.00. The number of terminal acetylenes is 1. The lowest BCUT2D eigenvalue weighted by Crippen LogP contribution is -1.47. The summed E-state index contributed by atoms with van der Waals surface area (Å²) in [6, 6.07) is 0. The molecule has 0 aliphatic carbocycles. The number of halogens is 4. The highest BCUT2D eigenvalue weighted by Crippen LogP contribution is 2.20. The van der Waals surface area contributed by atoms with Crippen LogP contribution in [0.5, 0.6) is 0 Å². The maximum absolute atomic E-state index is 4.99. The summed E-state index contributed by atoms with van der Waals surface area (Å²) < 4.78 is -0.198. The fraction of sp³-hybridized carbons (Fsp3) is 0. The standard InChI is InChI=1S/C2Cl4.C2H2/c3-1(4)2(5)6;1-2/h;1-2H. The maximum Gasteiger partial charge on any atom is 0.136 e. The summed E-state index contributed by atoms with van der Waals surface area (Å²) in [5.41, 5.74) is 0. The highest BCUT2D eigenvalue weighted by Gasteiger charge is 1.88. The van der Waals surface area contributed by atoms with Crippen molar-refractivity contribution in [3.8, 4) is 12.8 Å². The summed E-state index contributed by atoms with van der Waals surface area (Å²) in [4.78, 5) is 0. The lowest BCUT2D eigenvalue weighted by molar-refractivity contribution is 2.25. The van der Waals surface area contributed by atoms with Crippen LogP contribution in [0.3, 0.4) is 0 Å². The van der Waals surface area contributed by atoms with E-state index in [2.05, 4.69) is 12.8 Å². The molecule has 0 aliphatic heterocycles. The minimum absolute atomic E-state index is 0.0988. The molecule has 0 spiro atoms. The fourth-order valence-corrected chi connectivity index (χ4v) is 0. The van der Waals surface area contributed by atoms with Crippen LogP contribution in [0.25, 0.3) is 0 Å². The van der Waals surface area contributed by atoms with Crippen LogP contribution in [-0.2, 0) is 0 Å². The van der Waals surface area contributed by atoms with Gasteiger partial charge < -0.3 is 0 Å². The van der Waals surface area contributed by atoms with Crippen molar-refractivity contribution in [3.63, 3.8) is 0 Å². The van der Waals surface area contributed by atoms with Gasteiger partial charge in [-0.2, -0.15) is 0 Å². The highest BCUT2D eigenvalue weighted by atomic mass is 35.5. The molecule has 0 aromatic carbocycles. The number of hydrogen-bond donors (Lipinski definition) is 0. The first-order valence-corrected chi connectivity index (χ1v) is 2.85. The third kappa shape index (κ3) is 9.68. The quantitative estimate of drug-likeness (QED) is 0.516. The van der Waals surface area contributed by atoms with Gasteiger partial charge in [0, 0.05) is 0 Å². The third-order valence-corrected chi connectivity index (χ3v) is 1.29. The van der Waals surface area contributed by atoms with Crippen molar-refractivity contribution >= 4 is 46.4 Å². The van der Waals surface area contributed by atoms with E-state index in [4.69, 9.17) is 46.4 Å². The van der Waals surface area contributed by atoms with Crippen molar-refractivity contribution in [1.29, 1.82) is 0 Å². The molecule has 4 heteroatoms. The Bertz CT molecular complexity index is 83.9. The molecule has 8 heavy (non-hydrogen) atoms. The second kappa shape index (κ2) is 7.46. The van der Waals surface area contributed by atoms with Gasteiger partial charge in [-0.3, -0.25) is 0 Å². The molecule has 0 N–H and O–H groups in total. The molecule has 0 bridgehead atoms. The van der Waals surface area contributed by atoms with Crippen LogP contribution >= 0.6 is 46.4 Å². The van der Waals surface area contributed by atoms with Gasteiger partial charge in [0.2, 0.25) is 0 Å². The van der Waals surface area contributed by atoms with Gasteiger partial charge in [0.1, 0.15) is 8.98 Å². The van der Waals surface area contributed by atoms with Crippen molar-refractivity contribution in [2.24, 2.45) is 0 Å². The molecule has 0 unspecified atom stereocenters. The van der Waals surface area contributed by atoms with E-state index in [1.54, 1.807) is 0 Å². The zero-order valence-corrected chi connectivity index (χ0v) is 6.69. The smallest absolute Gasteiger partial charge is 0.124 e. The van der Waals surface area contributed by atoms with Crippen LogP contribution < -0.4 is 0 Å². The van der Waals surface area contributed by atoms with Crippen molar-refractivity contribution in [2.45, 2.75) is 0 Å². The van der Waals surface area contributed by atoms with Gasteiger partial charge in [-0.1, -0.05) is 46.4 Å². The van der Waals surface area contributed by atoms with Crippen molar-refractivity contribution in [1.82, 2.24) is 0 Å². The zero-order valence-electron chi connectivity index (χ0n) is 3.67. The molecular weight excluding hydrogens is 190 g/mol. The van der Waals surface area contributed by atoms with Gasteiger partial charge in [-0.25, -0.2) is 0 Å². The summed E-state index contributed by atoms with van der Waals surface area (Å²) in [5, 5.41) is 0. The van der Waals surface area contributed by atoms with Gasteiger partial charge in [0.05, 0.1) is 0 Å². The average molecular weight is 192 g/mol. The summed E-state index contributed by atoms with van der Waals surface area (Å²) in [5.74, 6) is 0. The lowest BCUT2D eigenvalue weighted by Gasteiger charge is -1.75. The molecule has 0 radical (unpaired) electrons. The van der Waals surface area contributed by atoms with E-state index in [9.17, 15) is 0 Å². The van der Waals surface area contributed by atoms with Gasteiger partial charge in [0.25, 0.3) is 0 Å².